The van der Waals surface area contributed by atoms with Gasteiger partial charge in [-0.15, -0.1) is 0 Å². The molecular weight excluding hydrogens is 348 g/mol. The zero-order valence-corrected chi connectivity index (χ0v) is 14.0. The van der Waals surface area contributed by atoms with Gasteiger partial charge in [0.25, 0.3) is 0 Å². The second-order valence-corrected chi connectivity index (χ2v) is 8.78. The van der Waals surface area contributed by atoms with Crippen LogP contribution in [0.3, 0.4) is 0 Å². The summed E-state index contributed by atoms with van der Waals surface area (Å²) in [6, 6.07) is 5.49. The predicted molar refractivity (Wildman–Crippen MR) is 86.3 cm³/mol. The molecule has 118 valence electrons. The number of hydrogen-bond donors (Lipinski definition) is 0. The molecule has 1 fully saturated rings. The molecule has 0 N–H and O–H groups in total. The first-order chi connectivity index (χ1) is 10.4. The Morgan fingerprint density at radius 2 is 2.27 bits per heavy atom. The molecule has 2 aromatic rings. The molecule has 1 aliphatic rings. The molecule has 1 aromatic carbocycles. The van der Waals surface area contributed by atoms with Crippen molar-refractivity contribution in [1.82, 2.24) is 4.98 Å². The number of rotatable bonds is 4. The second-order valence-electron chi connectivity index (χ2n) is 4.87. The lowest BCUT2D eigenvalue weighted by atomic mass is 10.3. The number of ether oxygens (including phenoxy) is 1. The van der Waals surface area contributed by atoms with E-state index in [1.54, 1.807) is 0 Å². The number of aromatic nitrogens is 1. The van der Waals surface area contributed by atoms with E-state index in [0.717, 1.165) is 16.0 Å². The first-order valence-corrected chi connectivity index (χ1v) is 9.84. The lowest BCUT2D eigenvalue weighted by Gasteiger charge is -2.11. The van der Waals surface area contributed by atoms with Gasteiger partial charge in [0.1, 0.15) is 11.0 Å². The number of fused-ring (bicyclic) bond motifs is 1. The van der Waals surface area contributed by atoms with Crippen molar-refractivity contribution < 1.29 is 17.9 Å². The number of carbonyl (C=O) groups excluding carboxylic acids is 1. The largest absolute Gasteiger partial charge is 0.494 e. The first-order valence-electron chi connectivity index (χ1n) is 6.65. The van der Waals surface area contributed by atoms with Crippen LogP contribution in [-0.4, -0.2) is 37.7 Å². The molecular formula is C13H13ClN2O4S2. The van der Waals surface area contributed by atoms with Crippen LogP contribution in [0.1, 0.15) is 13.3 Å². The lowest BCUT2D eigenvalue weighted by Crippen LogP contribution is -2.26. The monoisotopic (exact) mass is 360 g/mol. The van der Waals surface area contributed by atoms with E-state index in [1.807, 2.05) is 25.1 Å². The van der Waals surface area contributed by atoms with Gasteiger partial charge in [-0.1, -0.05) is 11.3 Å². The van der Waals surface area contributed by atoms with Gasteiger partial charge in [0.15, 0.2) is 5.13 Å². The number of amides is 1. The number of anilines is 1. The van der Waals surface area contributed by atoms with Crippen LogP contribution >= 0.6 is 22.0 Å². The minimum absolute atomic E-state index is 0.0445. The zero-order chi connectivity index (χ0) is 15.9. The molecule has 0 radical (unpaired) electrons. The summed E-state index contributed by atoms with van der Waals surface area (Å²) in [4.78, 5) is 17.8. The molecule has 1 unspecified atom stereocenters. The molecule has 3 rings (SSSR count). The Balaban J connectivity index is 1.92. The van der Waals surface area contributed by atoms with Crippen molar-refractivity contribution in [1.29, 1.82) is 0 Å². The number of benzene rings is 1. The van der Waals surface area contributed by atoms with Crippen LogP contribution in [-0.2, 0) is 13.8 Å². The van der Waals surface area contributed by atoms with Gasteiger partial charge in [0.05, 0.1) is 16.8 Å². The van der Waals surface area contributed by atoms with Gasteiger partial charge in [-0.05, 0) is 25.1 Å². The molecule has 0 spiro atoms. The molecule has 6 nitrogen and oxygen atoms in total. The van der Waals surface area contributed by atoms with Gasteiger partial charge in [-0.25, -0.2) is 13.4 Å². The van der Waals surface area contributed by atoms with Crippen molar-refractivity contribution >= 4 is 52.3 Å². The highest BCUT2D eigenvalue weighted by Gasteiger charge is 2.39. The van der Waals surface area contributed by atoms with E-state index in [4.69, 9.17) is 15.4 Å². The Morgan fingerprint density at radius 3 is 2.91 bits per heavy atom. The summed E-state index contributed by atoms with van der Waals surface area (Å²) in [5.41, 5.74) is 0.744. The van der Waals surface area contributed by atoms with E-state index in [9.17, 15) is 13.2 Å². The third-order valence-corrected chi connectivity index (χ3v) is 6.29. The van der Waals surface area contributed by atoms with Crippen LogP contribution in [0.15, 0.2) is 18.2 Å². The number of hydrogen-bond acceptors (Lipinski definition) is 6. The van der Waals surface area contributed by atoms with E-state index in [0.29, 0.717) is 11.7 Å². The average Bonchev–Trinajstić information content (AvgIpc) is 3.01. The van der Waals surface area contributed by atoms with Crippen molar-refractivity contribution in [3.05, 3.63) is 18.2 Å². The fourth-order valence-corrected chi connectivity index (χ4v) is 4.36. The maximum Gasteiger partial charge on any atom is 0.237 e. The SMILES string of the molecule is CCOc1ccc2nc(N3CC(S(=O)(=O)Cl)CC3=O)sc2c1. The maximum atomic E-state index is 12.0. The van der Waals surface area contributed by atoms with Crippen LogP contribution in [0.4, 0.5) is 5.13 Å². The van der Waals surface area contributed by atoms with Crippen molar-refractivity contribution in [2.75, 3.05) is 18.1 Å². The van der Waals surface area contributed by atoms with Crippen LogP contribution < -0.4 is 9.64 Å². The number of nitrogens with zero attached hydrogens (tertiary/aromatic N) is 2. The fourth-order valence-electron chi connectivity index (χ4n) is 2.31. The molecule has 0 aliphatic carbocycles. The molecule has 1 saturated heterocycles. The molecule has 1 aliphatic heterocycles. The van der Waals surface area contributed by atoms with Crippen molar-refractivity contribution in [2.24, 2.45) is 0 Å². The van der Waals surface area contributed by atoms with Crippen LogP contribution in [0.2, 0.25) is 0 Å². The number of carbonyl (C=O) groups is 1. The standard InChI is InChI=1S/C13H13ClN2O4S2/c1-2-20-8-3-4-10-11(5-8)21-13(15-10)16-7-9(6-12(16)17)22(14,18)19/h3-5,9H,2,6-7H2,1H3. The summed E-state index contributed by atoms with van der Waals surface area (Å²) < 4.78 is 29.1. The van der Waals surface area contributed by atoms with E-state index < -0.39 is 14.3 Å². The third kappa shape index (κ3) is 2.90. The van der Waals surface area contributed by atoms with Gasteiger partial charge >= 0.3 is 0 Å². The van der Waals surface area contributed by atoms with Crippen LogP contribution in [0, 0.1) is 0 Å². The first kappa shape index (κ1) is 15.5. The minimum atomic E-state index is -3.75. The van der Waals surface area contributed by atoms with E-state index in [-0.39, 0.29) is 18.9 Å². The van der Waals surface area contributed by atoms with Crippen LogP contribution in [0.25, 0.3) is 10.2 Å². The average molecular weight is 361 g/mol. The van der Waals surface area contributed by atoms with E-state index in [1.165, 1.54) is 16.2 Å². The maximum absolute atomic E-state index is 12.0. The molecule has 2 heterocycles. The zero-order valence-electron chi connectivity index (χ0n) is 11.7. The Kier molecular flexibility index (Phi) is 4.00. The summed E-state index contributed by atoms with van der Waals surface area (Å²) in [6.07, 6.45) is -0.105. The van der Waals surface area contributed by atoms with Gasteiger partial charge < -0.3 is 4.74 Å². The van der Waals surface area contributed by atoms with Gasteiger partial charge in [-0.3, -0.25) is 9.69 Å². The van der Waals surface area contributed by atoms with Crippen LogP contribution in [0.5, 0.6) is 5.75 Å². The molecule has 1 aromatic heterocycles. The fraction of sp³-hybridized carbons (Fsp3) is 0.385. The molecule has 1 atom stereocenters. The number of halogens is 1. The smallest absolute Gasteiger partial charge is 0.237 e. The highest BCUT2D eigenvalue weighted by Crippen LogP contribution is 2.34. The summed E-state index contributed by atoms with van der Waals surface area (Å²) in [5.74, 6) is 0.456. The van der Waals surface area contributed by atoms with Crippen molar-refractivity contribution in [3.63, 3.8) is 0 Å². The highest BCUT2D eigenvalue weighted by molar-refractivity contribution is 8.14. The molecule has 1 amide bonds. The van der Waals surface area contributed by atoms with Crippen molar-refractivity contribution in [2.45, 2.75) is 18.6 Å². The highest BCUT2D eigenvalue weighted by atomic mass is 35.7. The predicted octanol–water partition coefficient (Wildman–Crippen LogP) is 2.37. The van der Waals surface area contributed by atoms with Crippen molar-refractivity contribution in [3.8, 4) is 5.75 Å². The summed E-state index contributed by atoms with van der Waals surface area (Å²) in [6.45, 7) is 2.51. The normalized spacial score (nSPS) is 19.1. The Hall–Kier alpha value is -1.38. The van der Waals surface area contributed by atoms with Gasteiger partial charge in [0.2, 0.25) is 15.0 Å². The minimum Gasteiger partial charge on any atom is -0.494 e. The molecule has 22 heavy (non-hydrogen) atoms. The van der Waals surface area contributed by atoms with Gasteiger partial charge in [0, 0.05) is 23.6 Å². The Bertz CT molecular complexity index is 834. The lowest BCUT2D eigenvalue weighted by molar-refractivity contribution is -0.117. The third-order valence-electron chi connectivity index (χ3n) is 3.38. The molecule has 0 saturated carbocycles. The van der Waals surface area contributed by atoms with Gasteiger partial charge in [-0.2, -0.15) is 0 Å². The van der Waals surface area contributed by atoms with E-state index in [2.05, 4.69) is 4.98 Å². The Labute approximate surface area is 136 Å². The summed E-state index contributed by atoms with van der Waals surface area (Å²) >= 11 is 1.33. The van der Waals surface area contributed by atoms with E-state index >= 15 is 0 Å². The quantitative estimate of drug-likeness (QED) is 0.782. The topological polar surface area (TPSA) is 76.6 Å². The summed E-state index contributed by atoms with van der Waals surface area (Å²) in [7, 11) is 1.60. The second kappa shape index (κ2) is 5.68. The summed E-state index contributed by atoms with van der Waals surface area (Å²) in [5, 5.41) is -0.399. The Morgan fingerprint density at radius 1 is 1.50 bits per heavy atom. The molecule has 0 bridgehead atoms. The number of thiazole rings is 1. The molecule has 9 heteroatoms.